The summed E-state index contributed by atoms with van der Waals surface area (Å²) in [4.78, 5) is 7.40. The summed E-state index contributed by atoms with van der Waals surface area (Å²) in [5.41, 5.74) is 2.15. The predicted molar refractivity (Wildman–Crippen MR) is 108 cm³/mol. The van der Waals surface area contributed by atoms with Crippen molar-refractivity contribution in [3.8, 4) is 17.2 Å². The minimum atomic E-state index is 0.149. The molecule has 3 heterocycles. The first kappa shape index (κ1) is 18.3. The third-order valence-electron chi connectivity index (χ3n) is 4.64. The number of fused-ring (bicyclic) bond motifs is 1. The number of hydrogen-bond acceptors (Lipinski definition) is 7. The fraction of sp³-hybridized carbons (Fsp3) is 0.350. The second-order valence-corrected chi connectivity index (χ2v) is 8.70. The molecule has 0 radical (unpaired) electrons. The molecule has 27 heavy (non-hydrogen) atoms. The molecule has 7 heteroatoms. The van der Waals surface area contributed by atoms with Gasteiger partial charge in [-0.05, 0) is 31.4 Å². The lowest BCUT2D eigenvalue weighted by atomic mass is 10.1. The Hall–Kier alpha value is -2.09. The SMILES string of the molecule is COc1cc2c(cc1CN[C@H](Cc1cccs1)c1nc(C)c(C)s1)OCO2. The van der Waals surface area contributed by atoms with Gasteiger partial charge >= 0.3 is 0 Å². The van der Waals surface area contributed by atoms with Crippen LogP contribution in [0, 0.1) is 13.8 Å². The van der Waals surface area contributed by atoms with E-state index in [1.165, 1.54) is 9.75 Å². The maximum absolute atomic E-state index is 5.55. The lowest BCUT2D eigenvalue weighted by molar-refractivity contribution is 0.174. The van der Waals surface area contributed by atoms with Gasteiger partial charge in [-0.3, -0.25) is 0 Å². The lowest BCUT2D eigenvalue weighted by Crippen LogP contribution is -2.23. The number of nitrogens with zero attached hydrogens (tertiary/aromatic N) is 1. The number of methoxy groups -OCH3 is 1. The minimum Gasteiger partial charge on any atom is -0.496 e. The van der Waals surface area contributed by atoms with E-state index < -0.39 is 0 Å². The van der Waals surface area contributed by atoms with Crippen molar-refractivity contribution < 1.29 is 14.2 Å². The zero-order valence-electron chi connectivity index (χ0n) is 15.6. The van der Waals surface area contributed by atoms with Gasteiger partial charge in [-0.25, -0.2) is 4.98 Å². The van der Waals surface area contributed by atoms with Gasteiger partial charge in [-0.2, -0.15) is 0 Å². The average molecular weight is 403 g/mol. The Balaban J connectivity index is 1.56. The van der Waals surface area contributed by atoms with Gasteiger partial charge in [0.05, 0.1) is 18.8 Å². The number of nitrogens with one attached hydrogen (secondary N) is 1. The Kier molecular flexibility index (Phi) is 5.33. The van der Waals surface area contributed by atoms with E-state index >= 15 is 0 Å². The molecule has 1 N–H and O–H groups in total. The van der Waals surface area contributed by atoms with Crippen LogP contribution in [0.15, 0.2) is 29.6 Å². The zero-order chi connectivity index (χ0) is 18.8. The van der Waals surface area contributed by atoms with Crippen molar-refractivity contribution in [1.82, 2.24) is 10.3 Å². The van der Waals surface area contributed by atoms with Gasteiger partial charge in [-0.1, -0.05) is 6.07 Å². The molecular formula is C20H22N2O3S2. The van der Waals surface area contributed by atoms with Crippen molar-refractivity contribution in [2.24, 2.45) is 0 Å². The van der Waals surface area contributed by atoms with Crippen molar-refractivity contribution >= 4 is 22.7 Å². The number of rotatable bonds is 7. The summed E-state index contributed by atoms with van der Waals surface area (Å²) < 4.78 is 16.5. The number of ether oxygens (including phenoxy) is 3. The fourth-order valence-corrected chi connectivity index (χ4v) is 4.80. The van der Waals surface area contributed by atoms with Gasteiger partial charge in [0.1, 0.15) is 10.8 Å². The first-order chi connectivity index (χ1) is 13.1. The van der Waals surface area contributed by atoms with Crippen LogP contribution in [0.3, 0.4) is 0 Å². The highest BCUT2D eigenvalue weighted by atomic mass is 32.1. The number of hydrogen-bond donors (Lipinski definition) is 1. The van der Waals surface area contributed by atoms with Crippen LogP contribution in [0.25, 0.3) is 0 Å². The first-order valence-electron chi connectivity index (χ1n) is 8.80. The van der Waals surface area contributed by atoms with Gasteiger partial charge in [0.15, 0.2) is 11.5 Å². The lowest BCUT2D eigenvalue weighted by Gasteiger charge is -2.17. The molecule has 0 fully saturated rings. The van der Waals surface area contributed by atoms with Crippen LogP contribution in [-0.2, 0) is 13.0 Å². The van der Waals surface area contributed by atoms with Crippen LogP contribution in [0.4, 0.5) is 0 Å². The van der Waals surface area contributed by atoms with E-state index in [0.717, 1.165) is 39.9 Å². The van der Waals surface area contributed by atoms with Crippen molar-refractivity contribution in [2.75, 3.05) is 13.9 Å². The molecule has 1 aliphatic heterocycles. The van der Waals surface area contributed by atoms with Gasteiger partial charge < -0.3 is 19.5 Å². The number of thiophene rings is 1. The third kappa shape index (κ3) is 3.95. The van der Waals surface area contributed by atoms with Crippen molar-refractivity contribution in [3.05, 3.63) is 55.7 Å². The number of aryl methyl sites for hydroxylation is 2. The topological polar surface area (TPSA) is 52.6 Å². The van der Waals surface area contributed by atoms with Gasteiger partial charge in [0.2, 0.25) is 6.79 Å². The summed E-state index contributed by atoms with van der Waals surface area (Å²) in [6.07, 6.45) is 0.914. The molecule has 2 aromatic heterocycles. The molecule has 0 unspecified atom stereocenters. The molecule has 0 bridgehead atoms. The number of thiazole rings is 1. The fourth-order valence-electron chi connectivity index (χ4n) is 3.05. The molecule has 3 aromatic rings. The Labute approximate surface area is 166 Å². The van der Waals surface area contributed by atoms with Gasteiger partial charge in [-0.15, -0.1) is 22.7 Å². The molecule has 1 aromatic carbocycles. The highest BCUT2D eigenvalue weighted by molar-refractivity contribution is 7.11. The molecule has 0 saturated heterocycles. The van der Waals surface area contributed by atoms with Crippen LogP contribution in [0.1, 0.15) is 32.1 Å². The van der Waals surface area contributed by atoms with Crippen LogP contribution in [0.5, 0.6) is 17.2 Å². The smallest absolute Gasteiger partial charge is 0.231 e. The summed E-state index contributed by atoms with van der Waals surface area (Å²) >= 11 is 3.54. The Morgan fingerprint density at radius 2 is 2.07 bits per heavy atom. The summed E-state index contributed by atoms with van der Waals surface area (Å²) in [7, 11) is 1.68. The third-order valence-corrected chi connectivity index (χ3v) is 6.73. The Morgan fingerprint density at radius 3 is 2.74 bits per heavy atom. The summed E-state index contributed by atoms with van der Waals surface area (Å²) in [5, 5.41) is 6.92. The number of benzene rings is 1. The van der Waals surface area contributed by atoms with E-state index in [2.05, 4.69) is 36.7 Å². The van der Waals surface area contributed by atoms with Gasteiger partial charge in [0.25, 0.3) is 0 Å². The predicted octanol–water partition coefficient (Wildman–Crippen LogP) is 4.63. The molecule has 0 amide bonds. The summed E-state index contributed by atoms with van der Waals surface area (Å²) in [5.74, 6) is 2.30. The van der Waals surface area contributed by atoms with Crippen molar-refractivity contribution in [2.45, 2.75) is 32.9 Å². The van der Waals surface area contributed by atoms with Crippen LogP contribution < -0.4 is 19.5 Å². The molecule has 4 rings (SSSR count). The maximum atomic E-state index is 5.55. The molecule has 5 nitrogen and oxygen atoms in total. The van der Waals surface area contributed by atoms with Crippen LogP contribution in [0.2, 0.25) is 0 Å². The van der Waals surface area contributed by atoms with E-state index in [9.17, 15) is 0 Å². The highest BCUT2D eigenvalue weighted by Gasteiger charge is 2.21. The minimum absolute atomic E-state index is 0.149. The van der Waals surface area contributed by atoms with E-state index in [1.54, 1.807) is 29.8 Å². The maximum Gasteiger partial charge on any atom is 0.231 e. The normalized spacial score (nSPS) is 13.7. The monoisotopic (exact) mass is 402 g/mol. The van der Waals surface area contributed by atoms with E-state index in [0.29, 0.717) is 6.54 Å². The Bertz CT molecular complexity index is 902. The first-order valence-corrected chi connectivity index (χ1v) is 10.5. The quantitative estimate of drug-likeness (QED) is 0.624. The summed E-state index contributed by atoms with van der Waals surface area (Å²) in [6, 6.07) is 8.31. The van der Waals surface area contributed by atoms with Crippen molar-refractivity contribution in [3.63, 3.8) is 0 Å². The molecule has 0 aliphatic carbocycles. The zero-order valence-corrected chi connectivity index (χ0v) is 17.2. The Morgan fingerprint density at radius 1 is 1.26 bits per heavy atom. The molecule has 1 atom stereocenters. The molecule has 0 spiro atoms. The second kappa shape index (κ2) is 7.88. The standard InChI is InChI=1S/C20H22N2O3S2/c1-12-13(2)27-20(22-12)16(8-15-5-4-6-26-15)21-10-14-7-18-19(25-11-24-18)9-17(14)23-3/h4-7,9,16,21H,8,10-11H2,1-3H3/t16-/m1/s1. The van der Waals surface area contributed by atoms with E-state index in [-0.39, 0.29) is 12.8 Å². The molecular weight excluding hydrogens is 380 g/mol. The van der Waals surface area contributed by atoms with Crippen LogP contribution in [-0.4, -0.2) is 18.9 Å². The average Bonchev–Trinajstić information content (AvgIpc) is 3.40. The van der Waals surface area contributed by atoms with E-state index in [4.69, 9.17) is 19.2 Å². The highest BCUT2D eigenvalue weighted by Crippen LogP contribution is 2.38. The van der Waals surface area contributed by atoms with Crippen LogP contribution >= 0.6 is 22.7 Å². The summed E-state index contributed by atoms with van der Waals surface area (Å²) in [6.45, 7) is 5.11. The van der Waals surface area contributed by atoms with Crippen molar-refractivity contribution in [1.29, 1.82) is 0 Å². The molecule has 142 valence electrons. The number of aromatic nitrogens is 1. The van der Waals surface area contributed by atoms with E-state index in [1.807, 2.05) is 12.1 Å². The molecule has 1 aliphatic rings. The van der Waals surface area contributed by atoms with Gasteiger partial charge in [0, 0.05) is 34.3 Å². The second-order valence-electron chi connectivity index (χ2n) is 6.43. The molecule has 0 saturated carbocycles. The largest absolute Gasteiger partial charge is 0.496 e.